The van der Waals surface area contributed by atoms with E-state index in [1.165, 1.54) is 12.0 Å². The molecule has 2 rings (SSSR count). The summed E-state index contributed by atoms with van der Waals surface area (Å²) in [4.78, 5) is 27.9. The first-order valence-corrected chi connectivity index (χ1v) is 5.64. The zero-order valence-electron chi connectivity index (χ0n) is 9.59. The number of anilines is 1. The van der Waals surface area contributed by atoms with Crippen LogP contribution in [0.25, 0.3) is 0 Å². The van der Waals surface area contributed by atoms with Crippen LogP contribution in [0.5, 0.6) is 5.88 Å². The quantitative estimate of drug-likeness (QED) is 0.835. The van der Waals surface area contributed by atoms with Gasteiger partial charge in [-0.05, 0) is 6.07 Å². The van der Waals surface area contributed by atoms with Gasteiger partial charge in [0.2, 0.25) is 11.8 Å². The number of amides is 1. The Balaban J connectivity index is 2.27. The van der Waals surface area contributed by atoms with E-state index in [4.69, 9.17) is 21.4 Å². The summed E-state index contributed by atoms with van der Waals surface area (Å²) in [5.41, 5.74) is 0.409. The van der Waals surface area contributed by atoms with Crippen LogP contribution >= 0.6 is 11.6 Å². The van der Waals surface area contributed by atoms with Crippen LogP contribution in [0, 0.1) is 5.92 Å². The number of carboxylic acid groups (broad SMARTS) is 1. The highest BCUT2D eigenvalue weighted by Gasteiger charge is 2.36. The molecular weight excluding hydrogens is 260 g/mol. The van der Waals surface area contributed by atoms with Crippen molar-refractivity contribution in [3.8, 4) is 5.88 Å². The second-order valence-corrected chi connectivity index (χ2v) is 4.27. The van der Waals surface area contributed by atoms with Crippen molar-refractivity contribution in [2.75, 3.05) is 18.6 Å². The Morgan fingerprint density at radius 1 is 1.61 bits per heavy atom. The summed E-state index contributed by atoms with van der Waals surface area (Å²) >= 11 is 5.95. The second-order valence-electron chi connectivity index (χ2n) is 3.91. The Bertz CT molecular complexity index is 506. The Morgan fingerprint density at radius 3 is 2.83 bits per heavy atom. The summed E-state index contributed by atoms with van der Waals surface area (Å²) in [6.07, 6.45) is -0.0162. The Morgan fingerprint density at radius 2 is 2.33 bits per heavy atom. The molecule has 1 aromatic heterocycles. The minimum Gasteiger partial charge on any atom is -0.481 e. The van der Waals surface area contributed by atoms with Crippen molar-refractivity contribution in [2.24, 2.45) is 5.92 Å². The van der Waals surface area contributed by atoms with Crippen molar-refractivity contribution in [1.82, 2.24) is 4.98 Å². The van der Waals surface area contributed by atoms with Gasteiger partial charge in [0, 0.05) is 19.0 Å². The number of hydrogen-bond acceptors (Lipinski definition) is 4. The number of carbonyl (C=O) groups excluding carboxylic acids is 1. The molecule has 1 aliphatic heterocycles. The smallest absolute Gasteiger partial charge is 0.308 e. The fraction of sp³-hybridized carbons (Fsp3) is 0.364. The lowest BCUT2D eigenvalue weighted by atomic mass is 10.1. The highest BCUT2D eigenvalue weighted by atomic mass is 35.5. The van der Waals surface area contributed by atoms with E-state index >= 15 is 0 Å². The molecule has 1 aromatic rings. The van der Waals surface area contributed by atoms with E-state index in [1.54, 1.807) is 12.1 Å². The van der Waals surface area contributed by atoms with E-state index in [1.807, 2.05) is 0 Å². The standard InChI is InChI=1S/C11H11ClN2O4/c1-18-8-3-2-7(10(12)13-8)14-5-6(11(16)17)4-9(14)15/h2-3,6H,4-5H2,1H3,(H,16,17). The van der Waals surface area contributed by atoms with Gasteiger partial charge >= 0.3 is 5.97 Å². The van der Waals surface area contributed by atoms with Crippen molar-refractivity contribution in [2.45, 2.75) is 6.42 Å². The summed E-state index contributed by atoms with van der Waals surface area (Å²) < 4.78 is 4.91. The number of aromatic nitrogens is 1. The lowest BCUT2D eigenvalue weighted by Crippen LogP contribution is -2.26. The maximum atomic E-state index is 11.7. The lowest BCUT2D eigenvalue weighted by molar-refractivity contribution is -0.141. The van der Waals surface area contributed by atoms with Crippen LogP contribution in [-0.2, 0) is 9.59 Å². The second kappa shape index (κ2) is 4.81. The summed E-state index contributed by atoms with van der Waals surface area (Å²) in [7, 11) is 1.46. The molecule has 1 amide bonds. The van der Waals surface area contributed by atoms with Crippen molar-refractivity contribution in [3.05, 3.63) is 17.3 Å². The molecular formula is C11H11ClN2O4. The van der Waals surface area contributed by atoms with E-state index in [2.05, 4.69) is 4.98 Å². The number of pyridine rings is 1. The predicted molar refractivity (Wildman–Crippen MR) is 63.9 cm³/mol. The first-order valence-electron chi connectivity index (χ1n) is 5.26. The number of halogens is 1. The molecule has 0 aromatic carbocycles. The van der Waals surface area contributed by atoms with Gasteiger partial charge in [0.15, 0.2) is 5.15 Å². The van der Waals surface area contributed by atoms with Crippen LogP contribution in [0.4, 0.5) is 5.69 Å². The molecule has 1 atom stereocenters. The molecule has 0 aliphatic carbocycles. The van der Waals surface area contributed by atoms with Gasteiger partial charge in [-0.3, -0.25) is 9.59 Å². The van der Waals surface area contributed by atoms with Crippen LogP contribution in [0.15, 0.2) is 12.1 Å². The monoisotopic (exact) mass is 270 g/mol. The number of carbonyl (C=O) groups is 2. The Labute approximate surface area is 108 Å². The number of nitrogens with zero attached hydrogens (tertiary/aromatic N) is 2. The van der Waals surface area contributed by atoms with Gasteiger partial charge in [0.1, 0.15) is 0 Å². The fourth-order valence-corrected chi connectivity index (χ4v) is 2.08. The minimum atomic E-state index is -0.983. The van der Waals surface area contributed by atoms with Crippen LogP contribution in [0.2, 0.25) is 5.15 Å². The molecule has 1 fully saturated rings. The predicted octanol–water partition coefficient (Wildman–Crippen LogP) is 1.18. The number of rotatable bonds is 3. The number of hydrogen-bond donors (Lipinski definition) is 1. The maximum absolute atomic E-state index is 11.7. The lowest BCUT2D eigenvalue weighted by Gasteiger charge is -2.17. The number of carboxylic acids is 1. The van der Waals surface area contributed by atoms with Gasteiger partial charge in [-0.15, -0.1) is 0 Å². The van der Waals surface area contributed by atoms with Crippen molar-refractivity contribution in [1.29, 1.82) is 0 Å². The first-order chi connectivity index (χ1) is 8.52. The first kappa shape index (κ1) is 12.6. The number of aliphatic carboxylic acids is 1. The molecule has 0 bridgehead atoms. The zero-order valence-corrected chi connectivity index (χ0v) is 10.3. The number of methoxy groups -OCH3 is 1. The molecule has 0 radical (unpaired) electrons. The van der Waals surface area contributed by atoms with Gasteiger partial charge in [0.05, 0.1) is 18.7 Å². The molecule has 0 spiro atoms. The fourth-order valence-electron chi connectivity index (χ4n) is 1.83. The van der Waals surface area contributed by atoms with Crippen LogP contribution in [0.3, 0.4) is 0 Å². The normalized spacial score (nSPS) is 19.1. The average molecular weight is 271 g/mol. The highest BCUT2D eigenvalue weighted by Crippen LogP contribution is 2.31. The Hall–Kier alpha value is -1.82. The number of ether oxygens (including phenoxy) is 1. The van der Waals surface area contributed by atoms with Crippen LogP contribution in [-0.4, -0.2) is 35.6 Å². The third kappa shape index (κ3) is 2.24. The van der Waals surface area contributed by atoms with Crippen molar-refractivity contribution < 1.29 is 19.4 Å². The van der Waals surface area contributed by atoms with E-state index in [0.29, 0.717) is 11.6 Å². The molecule has 2 heterocycles. The average Bonchev–Trinajstić information content (AvgIpc) is 2.71. The van der Waals surface area contributed by atoms with E-state index in [0.717, 1.165) is 0 Å². The van der Waals surface area contributed by atoms with Gasteiger partial charge in [-0.2, -0.15) is 4.98 Å². The van der Waals surface area contributed by atoms with Gasteiger partial charge in [-0.25, -0.2) is 0 Å². The largest absolute Gasteiger partial charge is 0.481 e. The van der Waals surface area contributed by atoms with Gasteiger partial charge < -0.3 is 14.7 Å². The van der Waals surface area contributed by atoms with Gasteiger partial charge in [-0.1, -0.05) is 11.6 Å². The van der Waals surface area contributed by atoms with Crippen LogP contribution < -0.4 is 9.64 Å². The maximum Gasteiger partial charge on any atom is 0.308 e. The van der Waals surface area contributed by atoms with Crippen molar-refractivity contribution >= 4 is 29.2 Å². The Kier molecular flexibility index (Phi) is 3.38. The van der Waals surface area contributed by atoms with Crippen LogP contribution in [0.1, 0.15) is 6.42 Å². The summed E-state index contributed by atoms with van der Waals surface area (Å²) in [5, 5.41) is 9.02. The molecule has 1 aliphatic rings. The third-order valence-corrected chi connectivity index (χ3v) is 3.06. The molecule has 0 saturated carbocycles. The molecule has 1 N–H and O–H groups in total. The molecule has 1 saturated heterocycles. The van der Waals surface area contributed by atoms with E-state index in [9.17, 15) is 9.59 Å². The summed E-state index contributed by atoms with van der Waals surface area (Å²) in [5.74, 6) is -1.61. The molecule has 96 valence electrons. The highest BCUT2D eigenvalue weighted by molar-refractivity contribution is 6.32. The summed E-state index contributed by atoms with van der Waals surface area (Å²) in [6.45, 7) is 0.113. The molecule has 18 heavy (non-hydrogen) atoms. The summed E-state index contributed by atoms with van der Waals surface area (Å²) in [6, 6.07) is 3.17. The molecule has 6 nitrogen and oxygen atoms in total. The minimum absolute atomic E-state index is 0.0162. The van der Waals surface area contributed by atoms with E-state index < -0.39 is 11.9 Å². The molecule has 7 heteroatoms. The zero-order chi connectivity index (χ0) is 13.3. The SMILES string of the molecule is COc1ccc(N2CC(C(=O)O)CC2=O)c(Cl)n1. The molecule has 1 unspecified atom stereocenters. The third-order valence-electron chi connectivity index (χ3n) is 2.78. The van der Waals surface area contributed by atoms with Crippen molar-refractivity contribution in [3.63, 3.8) is 0 Å². The van der Waals surface area contributed by atoms with Gasteiger partial charge in [0.25, 0.3) is 0 Å². The topological polar surface area (TPSA) is 79.7 Å². The van der Waals surface area contributed by atoms with E-state index in [-0.39, 0.29) is 24.0 Å².